The van der Waals surface area contributed by atoms with Crippen molar-refractivity contribution in [1.82, 2.24) is 35.0 Å². The quantitative estimate of drug-likeness (QED) is 0.141. The Hall–Kier alpha value is -4.78. The molecule has 2 amide bonds. The Morgan fingerprint density at radius 3 is 2.76 bits per heavy atom. The topological polar surface area (TPSA) is 158 Å². The number of pyridine rings is 1. The molecular weight excluding hydrogens is 584 g/mol. The molecule has 46 heavy (non-hydrogen) atoms. The second-order valence-electron chi connectivity index (χ2n) is 12.0. The fourth-order valence-electron chi connectivity index (χ4n) is 6.26. The Morgan fingerprint density at radius 1 is 1.11 bits per heavy atom. The highest BCUT2D eigenvalue weighted by molar-refractivity contribution is 6.08. The maximum atomic E-state index is 13.3. The van der Waals surface area contributed by atoms with E-state index in [4.69, 9.17) is 10.1 Å². The number of urea groups is 1. The first-order valence-electron chi connectivity index (χ1n) is 16.1. The lowest BCUT2D eigenvalue weighted by atomic mass is 9.85. The molecule has 0 radical (unpaired) electrons. The summed E-state index contributed by atoms with van der Waals surface area (Å²) in [5, 5.41) is 36.5. The van der Waals surface area contributed by atoms with Gasteiger partial charge in [0, 0.05) is 24.7 Å². The number of aliphatic imine (C=N–C) groups is 1. The number of piperidine rings is 1. The van der Waals surface area contributed by atoms with E-state index < -0.39 is 0 Å². The molecule has 3 aromatic heterocycles. The van der Waals surface area contributed by atoms with E-state index in [1.54, 1.807) is 17.1 Å². The molecule has 1 aliphatic carbocycles. The van der Waals surface area contributed by atoms with E-state index in [0.717, 1.165) is 47.9 Å². The van der Waals surface area contributed by atoms with E-state index in [9.17, 15) is 9.90 Å². The van der Waals surface area contributed by atoms with Crippen LogP contribution in [0.2, 0.25) is 0 Å². The summed E-state index contributed by atoms with van der Waals surface area (Å²) in [6, 6.07) is 11.8. The summed E-state index contributed by atoms with van der Waals surface area (Å²) in [4.78, 5) is 20.2. The molecule has 0 spiro atoms. The number of anilines is 1. The van der Waals surface area contributed by atoms with Crippen LogP contribution < -0.4 is 20.3 Å². The number of aliphatic hydroxyl groups excluding tert-OH is 1. The molecule has 6 rings (SSSR count). The summed E-state index contributed by atoms with van der Waals surface area (Å²) in [7, 11) is 0. The van der Waals surface area contributed by atoms with E-state index >= 15 is 0 Å². The summed E-state index contributed by atoms with van der Waals surface area (Å²) in [6.07, 6.45) is 10.7. The number of nitrogens with one attached hydrogen (secondary N) is 3. The van der Waals surface area contributed by atoms with Gasteiger partial charge in [0.25, 0.3) is 0 Å². The number of fused-ring (bicyclic) bond motifs is 2. The number of ether oxygens (including phenoxy) is 1. The normalized spacial score (nSPS) is 19.9. The van der Waals surface area contributed by atoms with E-state index in [2.05, 4.69) is 48.8 Å². The molecule has 4 aromatic rings. The number of carbonyl (C=O) groups excluding carboxylic acids is 1. The molecule has 3 unspecified atom stereocenters. The molecule has 3 atom stereocenters. The zero-order chi connectivity index (χ0) is 32.0. The molecule has 0 bridgehead atoms. The van der Waals surface area contributed by atoms with Gasteiger partial charge in [0.05, 0.1) is 37.8 Å². The zero-order valence-corrected chi connectivity index (χ0v) is 26.4. The molecule has 13 heteroatoms. The van der Waals surface area contributed by atoms with E-state index in [1.807, 2.05) is 47.9 Å². The van der Waals surface area contributed by atoms with Gasteiger partial charge in [0.2, 0.25) is 5.95 Å². The summed E-state index contributed by atoms with van der Waals surface area (Å²) in [6.45, 7) is 5.42. The van der Waals surface area contributed by atoms with Gasteiger partial charge in [0.1, 0.15) is 23.4 Å². The molecule has 1 fully saturated rings. The van der Waals surface area contributed by atoms with Gasteiger partial charge >= 0.3 is 6.03 Å². The fraction of sp³-hybridized carbons (Fsp3) is 0.455. The van der Waals surface area contributed by atoms with E-state index in [1.165, 1.54) is 6.42 Å². The molecule has 13 nitrogen and oxygen atoms in total. The molecule has 2 aliphatic rings. The van der Waals surface area contributed by atoms with Crippen LogP contribution in [0.5, 0.6) is 5.75 Å². The molecule has 1 aromatic carbocycles. The first-order valence-corrected chi connectivity index (χ1v) is 16.1. The number of rotatable bonds is 10. The average molecular weight is 627 g/mol. The number of hydrogen-bond acceptors (Lipinski definition) is 9. The maximum absolute atomic E-state index is 13.3. The van der Waals surface area contributed by atoms with Gasteiger partial charge in [-0.25, -0.2) is 9.79 Å². The smallest absolute Gasteiger partial charge is 0.320 e. The van der Waals surface area contributed by atoms with Crippen LogP contribution in [0.3, 0.4) is 0 Å². The molecule has 0 saturated carbocycles. The fourth-order valence-corrected chi connectivity index (χ4v) is 6.26. The highest BCUT2D eigenvalue weighted by atomic mass is 16.5. The number of carbonyl (C=O) groups is 1. The van der Waals surface area contributed by atoms with Crippen molar-refractivity contribution in [3.63, 3.8) is 0 Å². The third-order valence-corrected chi connectivity index (χ3v) is 8.71. The maximum Gasteiger partial charge on any atom is 0.320 e. The van der Waals surface area contributed by atoms with Crippen molar-refractivity contribution >= 4 is 34.9 Å². The molecule has 242 valence electrons. The summed E-state index contributed by atoms with van der Waals surface area (Å²) in [5.74, 6) is 1.95. The van der Waals surface area contributed by atoms with Crippen molar-refractivity contribution in [2.75, 3.05) is 18.1 Å². The Bertz CT molecular complexity index is 1710. The Morgan fingerprint density at radius 2 is 1.96 bits per heavy atom. The predicted molar refractivity (Wildman–Crippen MR) is 176 cm³/mol. The number of nitrogens with zero attached hydrogens (tertiary/aromatic N) is 7. The molecular formula is C33H42N10O3. The van der Waals surface area contributed by atoms with Gasteiger partial charge in [-0.2, -0.15) is 5.10 Å². The second-order valence-corrected chi connectivity index (χ2v) is 12.0. The summed E-state index contributed by atoms with van der Waals surface area (Å²) < 4.78 is 10.2. The first-order chi connectivity index (χ1) is 22.4. The number of aliphatic hydroxyl groups is 1. The zero-order valence-electron chi connectivity index (χ0n) is 26.4. The van der Waals surface area contributed by atoms with Crippen LogP contribution in [0.25, 0.3) is 5.65 Å². The Balaban J connectivity index is 1.16. The third-order valence-electron chi connectivity index (χ3n) is 8.71. The van der Waals surface area contributed by atoms with Gasteiger partial charge in [0.15, 0.2) is 5.65 Å². The van der Waals surface area contributed by atoms with Gasteiger partial charge in [-0.1, -0.05) is 31.2 Å². The summed E-state index contributed by atoms with van der Waals surface area (Å²) >= 11 is 0. The van der Waals surface area contributed by atoms with Crippen LogP contribution in [-0.2, 0) is 6.54 Å². The van der Waals surface area contributed by atoms with Crippen molar-refractivity contribution in [3.8, 4) is 5.75 Å². The second kappa shape index (κ2) is 14.1. The predicted octanol–water partition coefficient (Wildman–Crippen LogP) is 5.10. The molecule has 1 aliphatic heterocycles. The van der Waals surface area contributed by atoms with Crippen LogP contribution in [0.4, 0.5) is 16.4 Å². The van der Waals surface area contributed by atoms with Crippen molar-refractivity contribution in [2.45, 2.75) is 83.5 Å². The van der Waals surface area contributed by atoms with Gasteiger partial charge in [-0.15, -0.1) is 10.2 Å². The first kappa shape index (κ1) is 31.2. The minimum Gasteiger partial charge on any atom is -0.484 e. The number of benzene rings is 1. The van der Waals surface area contributed by atoms with Crippen LogP contribution >= 0.6 is 0 Å². The lowest BCUT2D eigenvalue weighted by Crippen LogP contribution is -2.43. The average Bonchev–Trinajstić information content (AvgIpc) is 3.69. The minimum absolute atomic E-state index is 0.0378. The summed E-state index contributed by atoms with van der Waals surface area (Å²) in [5.41, 5.74) is 3.82. The number of amidine groups is 1. The van der Waals surface area contributed by atoms with Crippen molar-refractivity contribution in [2.24, 2.45) is 4.99 Å². The molecule has 1 saturated heterocycles. The standard InChI is InChI=1S/C33H42N10O3/c1-3-23(34)18-30(36-24-19-35-41(20-24)16-17-44)38-32(45)37-28-12-13-29(27-10-5-4-9-26(27)28)46-25-11-14-31-39-40-33(43(31)21-25)42-15-7-6-8-22(42)2/h4-5,9-11,14,19-22,28-29,34,44H,3,6-8,12-13,15-18H2,1-2H3,(H2,36,37,38,45). The van der Waals surface area contributed by atoms with Gasteiger partial charge in [-0.05, 0) is 68.7 Å². The van der Waals surface area contributed by atoms with Gasteiger partial charge in [-0.3, -0.25) is 14.4 Å². The Kier molecular flexibility index (Phi) is 9.57. The minimum atomic E-state index is -0.387. The van der Waals surface area contributed by atoms with Crippen LogP contribution in [0.15, 0.2) is 60.0 Å². The lowest BCUT2D eigenvalue weighted by Gasteiger charge is -2.33. The molecule has 4 heterocycles. The van der Waals surface area contributed by atoms with Crippen LogP contribution in [0, 0.1) is 5.41 Å². The Labute approximate surface area is 268 Å². The monoisotopic (exact) mass is 626 g/mol. The number of hydrogen-bond donors (Lipinski definition) is 4. The third kappa shape index (κ3) is 7.04. The SMILES string of the molecule is CCC(=N)CC(=Nc1cnn(CCO)c1)NC(=O)NC1CCC(Oc2ccc3nnc(N4CCCCC4C)n3c2)c2ccccc21. The lowest BCUT2D eigenvalue weighted by molar-refractivity contribution is 0.171. The highest BCUT2D eigenvalue weighted by Crippen LogP contribution is 2.39. The number of amides is 2. The van der Waals surface area contributed by atoms with Crippen molar-refractivity contribution in [1.29, 1.82) is 5.41 Å². The van der Waals surface area contributed by atoms with E-state index in [0.29, 0.717) is 49.1 Å². The molecule has 4 N–H and O–H groups in total. The largest absolute Gasteiger partial charge is 0.484 e. The van der Waals surface area contributed by atoms with Crippen LogP contribution in [-0.4, -0.2) is 66.3 Å². The van der Waals surface area contributed by atoms with Crippen molar-refractivity contribution < 1.29 is 14.6 Å². The highest BCUT2D eigenvalue weighted by Gasteiger charge is 2.30. The number of aromatic nitrogens is 5. The van der Waals surface area contributed by atoms with E-state index in [-0.39, 0.29) is 31.2 Å². The van der Waals surface area contributed by atoms with Crippen LogP contribution in [0.1, 0.15) is 82.1 Å². The van der Waals surface area contributed by atoms with Crippen molar-refractivity contribution in [3.05, 3.63) is 66.1 Å². The van der Waals surface area contributed by atoms with Gasteiger partial charge < -0.3 is 25.5 Å².